The average Bonchev–Trinajstić information content (AvgIpc) is 2.83. The Bertz CT molecular complexity index is 839. The van der Waals surface area contributed by atoms with Crippen LogP contribution in [0.4, 0.5) is 5.13 Å². The molecule has 21 heavy (non-hydrogen) atoms. The Balaban J connectivity index is 1.87. The van der Waals surface area contributed by atoms with Gasteiger partial charge < -0.3 is 5.11 Å². The Morgan fingerprint density at radius 1 is 1.19 bits per heavy atom. The summed E-state index contributed by atoms with van der Waals surface area (Å²) in [5, 5.41) is 12.9. The number of amides is 1. The summed E-state index contributed by atoms with van der Waals surface area (Å²) in [5.74, 6) is -0.0455. The van der Waals surface area contributed by atoms with E-state index < -0.39 is 0 Å². The van der Waals surface area contributed by atoms with Crippen molar-refractivity contribution in [3.63, 3.8) is 0 Å². The van der Waals surface area contributed by atoms with Gasteiger partial charge in [0.25, 0.3) is 5.91 Å². The first kappa shape index (κ1) is 13.6. The van der Waals surface area contributed by atoms with Crippen LogP contribution in [0.2, 0.25) is 0 Å². The van der Waals surface area contributed by atoms with E-state index in [0.717, 1.165) is 15.8 Å². The molecule has 3 aromatic rings. The molecular weight excluding hydrogens is 284 g/mol. The summed E-state index contributed by atoms with van der Waals surface area (Å²) >= 11 is 1.45. The Morgan fingerprint density at radius 2 is 2.00 bits per heavy atom. The molecule has 4 nitrogen and oxygen atoms in total. The minimum absolute atomic E-state index is 0.182. The van der Waals surface area contributed by atoms with Gasteiger partial charge in [0.1, 0.15) is 5.75 Å². The van der Waals surface area contributed by atoms with Crippen molar-refractivity contribution < 1.29 is 9.90 Å². The zero-order valence-corrected chi connectivity index (χ0v) is 12.5. The number of aromatic nitrogens is 1. The third-order valence-corrected chi connectivity index (χ3v) is 4.16. The van der Waals surface area contributed by atoms with Gasteiger partial charge in [0.05, 0.1) is 10.2 Å². The fraction of sp³-hybridized carbons (Fsp3) is 0.125. The van der Waals surface area contributed by atoms with Crippen LogP contribution in [0, 0.1) is 13.8 Å². The molecule has 1 amide bonds. The first-order chi connectivity index (χ1) is 10.0. The molecule has 1 heterocycles. The number of hydrogen-bond acceptors (Lipinski definition) is 4. The molecule has 0 aliphatic heterocycles. The highest BCUT2D eigenvalue weighted by Gasteiger charge is 2.11. The van der Waals surface area contributed by atoms with Crippen LogP contribution in [0.1, 0.15) is 21.5 Å². The smallest absolute Gasteiger partial charge is 0.257 e. The lowest BCUT2D eigenvalue weighted by atomic mass is 10.1. The summed E-state index contributed by atoms with van der Waals surface area (Å²) in [6, 6.07) is 10.8. The monoisotopic (exact) mass is 298 g/mol. The van der Waals surface area contributed by atoms with E-state index in [-0.39, 0.29) is 11.7 Å². The van der Waals surface area contributed by atoms with Gasteiger partial charge in [-0.25, -0.2) is 4.98 Å². The minimum atomic E-state index is -0.228. The fourth-order valence-electron chi connectivity index (χ4n) is 2.05. The van der Waals surface area contributed by atoms with Crippen LogP contribution in [0.15, 0.2) is 36.4 Å². The van der Waals surface area contributed by atoms with E-state index in [1.54, 1.807) is 19.1 Å². The highest BCUT2D eigenvalue weighted by molar-refractivity contribution is 7.22. The minimum Gasteiger partial charge on any atom is -0.508 e. The highest BCUT2D eigenvalue weighted by atomic mass is 32.1. The quantitative estimate of drug-likeness (QED) is 0.755. The van der Waals surface area contributed by atoms with Crippen molar-refractivity contribution >= 4 is 32.6 Å². The van der Waals surface area contributed by atoms with Crippen molar-refractivity contribution in [2.75, 3.05) is 5.32 Å². The molecule has 2 N–H and O–H groups in total. The first-order valence-corrected chi connectivity index (χ1v) is 7.33. The summed E-state index contributed by atoms with van der Waals surface area (Å²) in [7, 11) is 0. The number of phenols is 1. The molecule has 0 bridgehead atoms. The van der Waals surface area contributed by atoms with Crippen LogP contribution in [0.5, 0.6) is 5.75 Å². The number of nitrogens with one attached hydrogen (secondary N) is 1. The van der Waals surface area contributed by atoms with Crippen molar-refractivity contribution in [3.8, 4) is 5.75 Å². The molecule has 5 heteroatoms. The second kappa shape index (κ2) is 5.18. The van der Waals surface area contributed by atoms with Crippen molar-refractivity contribution in [1.82, 2.24) is 4.98 Å². The summed E-state index contributed by atoms with van der Waals surface area (Å²) in [4.78, 5) is 16.6. The standard InChI is InChI=1S/C16H14N2O2S/c1-9-3-5-12-14(7-9)21-16(17-12)18-15(20)11-4-6-13(19)10(2)8-11/h3-8,19H,1-2H3,(H,17,18,20). The number of hydrogen-bond donors (Lipinski definition) is 2. The van der Waals surface area contributed by atoms with Gasteiger partial charge in [-0.05, 0) is 55.3 Å². The number of phenolic OH excluding ortho intramolecular Hbond substituents is 1. The molecule has 0 atom stereocenters. The molecule has 0 aliphatic rings. The topological polar surface area (TPSA) is 62.2 Å². The van der Waals surface area contributed by atoms with Gasteiger partial charge in [-0.2, -0.15) is 0 Å². The van der Waals surface area contributed by atoms with Crippen molar-refractivity contribution in [3.05, 3.63) is 53.1 Å². The Hall–Kier alpha value is -2.40. The number of benzene rings is 2. The normalized spacial score (nSPS) is 10.8. The van der Waals surface area contributed by atoms with Crippen molar-refractivity contribution in [1.29, 1.82) is 0 Å². The zero-order chi connectivity index (χ0) is 15.0. The lowest BCUT2D eigenvalue weighted by Crippen LogP contribution is -2.11. The summed E-state index contributed by atoms with van der Waals surface area (Å²) < 4.78 is 1.05. The number of anilines is 1. The molecule has 2 aromatic carbocycles. The van der Waals surface area contributed by atoms with Crippen LogP contribution in [-0.2, 0) is 0 Å². The number of aryl methyl sites for hydroxylation is 2. The van der Waals surface area contributed by atoms with Crippen LogP contribution in [0.25, 0.3) is 10.2 Å². The van der Waals surface area contributed by atoms with Gasteiger partial charge in [0.2, 0.25) is 0 Å². The van der Waals surface area contributed by atoms with E-state index in [9.17, 15) is 9.90 Å². The molecular formula is C16H14N2O2S. The molecule has 1 aromatic heterocycles. The van der Waals surface area contributed by atoms with E-state index in [1.807, 2.05) is 25.1 Å². The Kier molecular flexibility index (Phi) is 3.35. The summed E-state index contributed by atoms with van der Waals surface area (Å²) in [5.41, 5.74) is 3.21. The Labute approximate surface area is 126 Å². The SMILES string of the molecule is Cc1ccc2nc(NC(=O)c3ccc(O)c(C)c3)sc2c1. The average molecular weight is 298 g/mol. The van der Waals surface area contributed by atoms with Crippen molar-refractivity contribution in [2.45, 2.75) is 13.8 Å². The molecule has 0 unspecified atom stereocenters. The first-order valence-electron chi connectivity index (χ1n) is 6.51. The second-order valence-corrected chi connectivity index (χ2v) is 5.98. The molecule has 0 fully saturated rings. The zero-order valence-electron chi connectivity index (χ0n) is 11.7. The molecule has 3 rings (SSSR count). The predicted octanol–water partition coefficient (Wildman–Crippen LogP) is 3.87. The summed E-state index contributed by atoms with van der Waals surface area (Å²) in [6.07, 6.45) is 0. The molecule has 0 radical (unpaired) electrons. The van der Waals surface area contributed by atoms with Crippen molar-refractivity contribution in [2.24, 2.45) is 0 Å². The lowest BCUT2D eigenvalue weighted by molar-refractivity contribution is 0.102. The molecule has 0 saturated heterocycles. The van der Waals surface area contributed by atoms with Crippen LogP contribution in [0.3, 0.4) is 0 Å². The van der Waals surface area contributed by atoms with E-state index in [1.165, 1.54) is 17.4 Å². The number of nitrogens with zero attached hydrogens (tertiary/aromatic N) is 1. The third-order valence-electron chi connectivity index (χ3n) is 3.22. The number of aromatic hydroxyl groups is 1. The fourth-order valence-corrected chi connectivity index (χ4v) is 3.01. The van der Waals surface area contributed by atoms with E-state index in [2.05, 4.69) is 10.3 Å². The largest absolute Gasteiger partial charge is 0.508 e. The van der Waals surface area contributed by atoms with Gasteiger partial charge in [-0.15, -0.1) is 0 Å². The van der Waals surface area contributed by atoms with Crippen LogP contribution < -0.4 is 5.32 Å². The summed E-state index contributed by atoms with van der Waals surface area (Å²) in [6.45, 7) is 3.78. The van der Waals surface area contributed by atoms with Gasteiger partial charge in [-0.3, -0.25) is 10.1 Å². The van der Waals surface area contributed by atoms with Gasteiger partial charge in [0.15, 0.2) is 5.13 Å². The van der Waals surface area contributed by atoms with E-state index in [0.29, 0.717) is 16.3 Å². The maximum atomic E-state index is 12.2. The molecule has 0 spiro atoms. The number of carbonyl (C=O) groups excluding carboxylic acids is 1. The number of fused-ring (bicyclic) bond motifs is 1. The third kappa shape index (κ3) is 2.73. The van der Waals surface area contributed by atoms with Gasteiger partial charge in [0, 0.05) is 5.56 Å². The highest BCUT2D eigenvalue weighted by Crippen LogP contribution is 2.27. The van der Waals surface area contributed by atoms with Crippen LogP contribution in [-0.4, -0.2) is 16.0 Å². The van der Waals surface area contributed by atoms with Crippen LogP contribution >= 0.6 is 11.3 Å². The number of rotatable bonds is 2. The molecule has 0 aliphatic carbocycles. The number of thiazole rings is 1. The van der Waals surface area contributed by atoms with E-state index in [4.69, 9.17) is 0 Å². The number of carbonyl (C=O) groups is 1. The maximum Gasteiger partial charge on any atom is 0.257 e. The second-order valence-electron chi connectivity index (χ2n) is 4.95. The van der Waals surface area contributed by atoms with Gasteiger partial charge >= 0.3 is 0 Å². The maximum absolute atomic E-state index is 12.2. The molecule has 0 saturated carbocycles. The predicted molar refractivity (Wildman–Crippen MR) is 85.2 cm³/mol. The van der Waals surface area contributed by atoms with E-state index >= 15 is 0 Å². The molecule has 106 valence electrons. The Morgan fingerprint density at radius 3 is 2.76 bits per heavy atom. The van der Waals surface area contributed by atoms with Gasteiger partial charge in [-0.1, -0.05) is 17.4 Å². The lowest BCUT2D eigenvalue weighted by Gasteiger charge is -2.04.